The normalized spacial score (nSPS) is 30.1. The summed E-state index contributed by atoms with van der Waals surface area (Å²) in [6.45, 7) is 4.16. The van der Waals surface area contributed by atoms with Gasteiger partial charge in [0.2, 0.25) is 11.8 Å². The molecule has 2 aliphatic rings. The van der Waals surface area contributed by atoms with E-state index in [4.69, 9.17) is 0 Å². The van der Waals surface area contributed by atoms with Gasteiger partial charge in [-0.1, -0.05) is 23.3 Å². The van der Waals surface area contributed by atoms with Gasteiger partial charge in [-0.05, 0) is 39.5 Å². The van der Waals surface area contributed by atoms with Gasteiger partial charge in [-0.25, -0.2) is 0 Å². The molecule has 1 saturated heterocycles. The van der Waals surface area contributed by atoms with E-state index in [-0.39, 0.29) is 23.7 Å². The lowest BCUT2D eigenvalue weighted by molar-refractivity contribution is -0.126. The van der Waals surface area contributed by atoms with Crippen LogP contribution in [0.1, 0.15) is 39.5 Å². The molecule has 0 aromatic rings. The fraction of sp³-hybridized carbons (Fsp3) is 0.571. The van der Waals surface area contributed by atoms with Crippen LogP contribution in [-0.4, -0.2) is 11.8 Å². The summed E-state index contributed by atoms with van der Waals surface area (Å²) >= 11 is 0. The lowest BCUT2D eigenvalue weighted by Crippen LogP contribution is -2.23. The molecule has 1 aliphatic carbocycles. The molecule has 0 unspecified atom stereocenters. The Labute approximate surface area is 102 Å². The van der Waals surface area contributed by atoms with Gasteiger partial charge in [0.25, 0.3) is 0 Å². The predicted octanol–water partition coefficient (Wildman–Crippen LogP) is 2.34. The van der Waals surface area contributed by atoms with E-state index < -0.39 is 0 Å². The average molecular weight is 233 g/mol. The molecular formula is C14H19NO2. The van der Waals surface area contributed by atoms with Crippen LogP contribution in [0.25, 0.3) is 0 Å². The van der Waals surface area contributed by atoms with Crippen LogP contribution in [0.5, 0.6) is 0 Å². The van der Waals surface area contributed by atoms with Crippen LogP contribution in [0.3, 0.4) is 0 Å². The topological polar surface area (TPSA) is 46.2 Å². The summed E-state index contributed by atoms with van der Waals surface area (Å²) < 4.78 is 0. The van der Waals surface area contributed by atoms with E-state index in [1.165, 1.54) is 11.1 Å². The van der Waals surface area contributed by atoms with Crippen LogP contribution in [0.15, 0.2) is 23.3 Å². The molecule has 92 valence electrons. The van der Waals surface area contributed by atoms with E-state index in [0.29, 0.717) is 0 Å². The Bertz CT molecular complexity index is 402. The van der Waals surface area contributed by atoms with Crippen molar-refractivity contribution in [3.8, 4) is 0 Å². The molecule has 2 atom stereocenters. The van der Waals surface area contributed by atoms with Crippen molar-refractivity contribution in [3.63, 3.8) is 0 Å². The quantitative estimate of drug-likeness (QED) is 0.588. The third kappa shape index (κ3) is 2.65. The summed E-state index contributed by atoms with van der Waals surface area (Å²) in [5, 5.41) is 2.44. The second-order valence-electron chi connectivity index (χ2n) is 5.19. The monoisotopic (exact) mass is 233 g/mol. The Balaban J connectivity index is 2.00. The Morgan fingerprint density at radius 2 is 2.00 bits per heavy atom. The maximum Gasteiger partial charge on any atom is 0.230 e. The molecular weight excluding hydrogens is 214 g/mol. The van der Waals surface area contributed by atoms with Crippen molar-refractivity contribution in [1.29, 1.82) is 0 Å². The first-order valence-electron chi connectivity index (χ1n) is 6.24. The van der Waals surface area contributed by atoms with Gasteiger partial charge < -0.3 is 0 Å². The third-order valence-electron chi connectivity index (χ3n) is 3.60. The highest BCUT2D eigenvalue weighted by molar-refractivity contribution is 6.05. The van der Waals surface area contributed by atoms with E-state index in [9.17, 15) is 9.59 Å². The van der Waals surface area contributed by atoms with Crippen LogP contribution in [-0.2, 0) is 9.59 Å². The fourth-order valence-corrected chi connectivity index (χ4v) is 2.61. The van der Waals surface area contributed by atoms with Crippen LogP contribution in [0, 0.1) is 11.8 Å². The summed E-state index contributed by atoms with van der Waals surface area (Å²) in [5.41, 5.74) is 2.64. The van der Waals surface area contributed by atoms with Crippen LogP contribution < -0.4 is 5.32 Å². The second kappa shape index (κ2) is 4.86. The smallest absolute Gasteiger partial charge is 0.230 e. The molecule has 1 N–H and O–H groups in total. The molecule has 0 aromatic carbocycles. The van der Waals surface area contributed by atoms with Gasteiger partial charge in [0.1, 0.15) is 0 Å². The van der Waals surface area contributed by atoms with Gasteiger partial charge >= 0.3 is 0 Å². The number of rotatable bonds is 2. The molecule has 2 fully saturated rings. The maximum atomic E-state index is 11.6. The van der Waals surface area contributed by atoms with Crippen molar-refractivity contribution >= 4 is 11.8 Å². The molecule has 3 nitrogen and oxygen atoms in total. The van der Waals surface area contributed by atoms with E-state index in [1.54, 1.807) is 0 Å². The summed E-state index contributed by atoms with van der Waals surface area (Å²) in [7, 11) is 0. The number of hydrogen-bond donors (Lipinski definition) is 1. The molecule has 1 saturated carbocycles. The first kappa shape index (κ1) is 12.1. The fourth-order valence-electron chi connectivity index (χ4n) is 2.61. The molecule has 2 rings (SSSR count). The van der Waals surface area contributed by atoms with E-state index in [0.717, 1.165) is 25.7 Å². The summed E-state index contributed by atoms with van der Waals surface area (Å²) in [6.07, 6.45) is 7.86. The van der Waals surface area contributed by atoms with Crippen molar-refractivity contribution in [2.75, 3.05) is 0 Å². The minimum absolute atomic E-state index is 0.0663. The second-order valence-corrected chi connectivity index (χ2v) is 5.19. The summed E-state index contributed by atoms with van der Waals surface area (Å²) in [5.74, 6) is -0.312. The largest absolute Gasteiger partial charge is 0.296 e. The number of amides is 2. The molecule has 1 aliphatic heterocycles. The summed E-state index contributed by atoms with van der Waals surface area (Å²) in [6, 6.07) is 0. The molecule has 0 radical (unpaired) electrons. The zero-order valence-electron chi connectivity index (χ0n) is 10.5. The Hall–Kier alpha value is -1.38. The molecule has 0 aromatic heterocycles. The zero-order valence-corrected chi connectivity index (χ0v) is 10.5. The van der Waals surface area contributed by atoms with Crippen LogP contribution in [0.2, 0.25) is 0 Å². The number of allylic oxidation sites excluding steroid dienone is 4. The zero-order chi connectivity index (χ0) is 12.4. The number of fused-ring (bicyclic) bond motifs is 1. The lowest BCUT2D eigenvalue weighted by Gasteiger charge is -2.23. The number of carbonyl (C=O) groups is 2. The van der Waals surface area contributed by atoms with Gasteiger partial charge in [-0.15, -0.1) is 0 Å². The minimum atomic E-state index is -0.103. The summed E-state index contributed by atoms with van der Waals surface area (Å²) in [4.78, 5) is 23.0. The molecule has 2 amide bonds. The first-order chi connectivity index (χ1) is 8.08. The minimum Gasteiger partial charge on any atom is -0.296 e. The van der Waals surface area contributed by atoms with Crippen molar-refractivity contribution in [2.45, 2.75) is 39.5 Å². The Morgan fingerprint density at radius 3 is 2.71 bits per heavy atom. The highest BCUT2D eigenvalue weighted by Crippen LogP contribution is 2.37. The molecule has 1 heterocycles. The van der Waals surface area contributed by atoms with Gasteiger partial charge in [0.05, 0.1) is 11.8 Å². The maximum absolute atomic E-state index is 11.6. The van der Waals surface area contributed by atoms with Gasteiger partial charge in [0.15, 0.2) is 0 Å². The first-order valence-corrected chi connectivity index (χ1v) is 6.24. The van der Waals surface area contributed by atoms with Crippen molar-refractivity contribution in [3.05, 3.63) is 23.3 Å². The highest BCUT2D eigenvalue weighted by atomic mass is 16.2. The Morgan fingerprint density at radius 1 is 1.29 bits per heavy atom. The van der Waals surface area contributed by atoms with Gasteiger partial charge in [-0.3, -0.25) is 14.9 Å². The van der Waals surface area contributed by atoms with E-state index in [1.807, 2.05) is 0 Å². The molecule has 0 bridgehead atoms. The van der Waals surface area contributed by atoms with Crippen molar-refractivity contribution in [2.24, 2.45) is 11.8 Å². The van der Waals surface area contributed by atoms with E-state index >= 15 is 0 Å². The molecule has 0 spiro atoms. The predicted molar refractivity (Wildman–Crippen MR) is 66.1 cm³/mol. The van der Waals surface area contributed by atoms with Crippen LogP contribution in [0.4, 0.5) is 0 Å². The molecule has 17 heavy (non-hydrogen) atoms. The standard InChI is InChI=1S/C14H19NO2/c1-9(2)4-3-5-10-6-7-11-12(8-10)14(17)15-13(11)16/h4-5,11-12H,3,6-8H2,1-2H3,(H,15,16,17)/b10-5+/t11-,12+/m0/s1. The Kier molecular flexibility index (Phi) is 3.46. The van der Waals surface area contributed by atoms with Crippen molar-refractivity contribution < 1.29 is 9.59 Å². The highest BCUT2D eigenvalue weighted by Gasteiger charge is 2.43. The van der Waals surface area contributed by atoms with Crippen molar-refractivity contribution in [1.82, 2.24) is 5.32 Å². The van der Waals surface area contributed by atoms with E-state index in [2.05, 4.69) is 31.3 Å². The number of nitrogens with one attached hydrogen (secondary N) is 1. The number of imide groups is 1. The van der Waals surface area contributed by atoms with Crippen LogP contribution >= 0.6 is 0 Å². The average Bonchev–Trinajstić information content (AvgIpc) is 2.54. The number of carbonyl (C=O) groups excluding carboxylic acids is 2. The third-order valence-corrected chi connectivity index (χ3v) is 3.60. The number of hydrogen-bond acceptors (Lipinski definition) is 2. The van der Waals surface area contributed by atoms with Gasteiger partial charge in [0, 0.05) is 0 Å². The van der Waals surface area contributed by atoms with Gasteiger partial charge in [-0.2, -0.15) is 0 Å². The SMILES string of the molecule is CC(C)=CC/C=C1\CC[C@@H]2C(=O)NC(=O)[C@@H]2C1. The molecule has 3 heteroatoms. The lowest BCUT2D eigenvalue weighted by atomic mass is 9.78.